The van der Waals surface area contributed by atoms with Crippen molar-refractivity contribution < 1.29 is 23.5 Å². The zero-order valence-electron chi connectivity index (χ0n) is 15.6. The van der Waals surface area contributed by atoms with Crippen molar-refractivity contribution in [2.75, 3.05) is 13.7 Å². The van der Waals surface area contributed by atoms with Gasteiger partial charge in [-0.15, -0.1) is 0 Å². The third-order valence-electron chi connectivity index (χ3n) is 3.76. The van der Waals surface area contributed by atoms with E-state index in [1.165, 1.54) is 31.0 Å². The van der Waals surface area contributed by atoms with Gasteiger partial charge in [-0.2, -0.15) is 0 Å². The van der Waals surface area contributed by atoms with Crippen molar-refractivity contribution in [2.45, 2.75) is 13.5 Å². The summed E-state index contributed by atoms with van der Waals surface area (Å²) in [7, 11) is 1.48. The van der Waals surface area contributed by atoms with E-state index in [4.69, 9.17) is 4.74 Å². The summed E-state index contributed by atoms with van der Waals surface area (Å²) in [4.78, 5) is 37.1. The first kappa shape index (κ1) is 20.8. The minimum absolute atomic E-state index is 0.0431. The number of esters is 1. The molecule has 6 nitrogen and oxygen atoms in total. The Bertz CT molecular complexity index is 881. The average Bonchev–Trinajstić information content (AvgIpc) is 2.67. The lowest BCUT2D eigenvalue weighted by atomic mass is 10.2. The highest BCUT2D eigenvalue weighted by atomic mass is 19.1. The monoisotopic (exact) mass is 384 g/mol. The fraction of sp³-hybridized carbons (Fsp3) is 0.190. The average molecular weight is 384 g/mol. The second-order valence-corrected chi connectivity index (χ2v) is 6.07. The lowest BCUT2D eigenvalue weighted by Gasteiger charge is -2.18. The first-order chi connectivity index (χ1) is 13.4. The molecule has 1 N–H and O–H groups in total. The van der Waals surface area contributed by atoms with Crippen LogP contribution in [0.3, 0.4) is 0 Å². The van der Waals surface area contributed by atoms with Crippen LogP contribution in [0.25, 0.3) is 6.08 Å². The molecule has 2 aromatic carbocycles. The van der Waals surface area contributed by atoms with Gasteiger partial charge in [-0.1, -0.05) is 48.5 Å². The standard InChI is InChI=1S/C21H21FN2O4/c1-15(25)23-19(12-16-8-4-3-5-9-16)21(27)28-14-20(26)24(2)13-17-10-6-7-11-18(17)22/h3-12H,13-14H2,1-2H3,(H,23,25)/b19-12-. The first-order valence-electron chi connectivity index (χ1n) is 8.55. The molecular formula is C21H21FN2O4. The van der Waals surface area contributed by atoms with Crippen LogP contribution in [0.2, 0.25) is 0 Å². The van der Waals surface area contributed by atoms with Crippen LogP contribution in [0.5, 0.6) is 0 Å². The molecule has 28 heavy (non-hydrogen) atoms. The number of likely N-dealkylation sites (N-methyl/N-ethyl adjacent to an activating group) is 1. The maximum absolute atomic E-state index is 13.7. The predicted molar refractivity (Wildman–Crippen MR) is 102 cm³/mol. The molecule has 0 aliphatic heterocycles. The molecule has 2 rings (SSSR count). The molecule has 0 aromatic heterocycles. The van der Waals surface area contributed by atoms with Gasteiger partial charge in [-0.25, -0.2) is 9.18 Å². The Morgan fingerprint density at radius 2 is 1.71 bits per heavy atom. The van der Waals surface area contributed by atoms with Crippen LogP contribution in [0, 0.1) is 5.82 Å². The minimum atomic E-state index is -0.841. The van der Waals surface area contributed by atoms with Gasteiger partial charge in [0.05, 0.1) is 0 Å². The molecule has 0 fully saturated rings. The summed E-state index contributed by atoms with van der Waals surface area (Å²) in [5.74, 6) is -2.20. The Labute approximate surface area is 162 Å². The smallest absolute Gasteiger partial charge is 0.355 e. The van der Waals surface area contributed by atoms with Gasteiger partial charge in [-0.3, -0.25) is 9.59 Å². The van der Waals surface area contributed by atoms with Crippen molar-refractivity contribution >= 4 is 23.9 Å². The molecule has 0 saturated carbocycles. The van der Waals surface area contributed by atoms with E-state index >= 15 is 0 Å². The van der Waals surface area contributed by atoms with Gasteiger partial charge in [0.2, 0.25) is 5.91 Å². The number of amides is 2. The number of nitrogens with one attached hydrogen (secondary N) is 1. The molecule has 0 saturated heterocycles. The van der Waals surface area contributed by atoms with Gasteiger partial charge in [0, 0.05) is 26.1 Å². The Balaban J connectivity index is 1.99. The molecule has 0 aliphatic carbocycles. The second kappa shape index (κ2) is 10.0. The van der Waals surface area contributed by atoms with Crippen molar-refractivity contribution in [3.63, 3.8) is 0 Å². The zero-order chi connectivity index (χ0) is 20.5. The number of benzene rings is 2. The molecule has 0 heterocycles. The molecular weight excluding hydrogens is 363 g/mol. The lowest BCUT2D eigenvalue weighted by molar-refractivity contribution is -0.149. The van der Waals surface area contributed by atoms with E-state index in [2.05, 4.69) is 5.32 Å². The number of nitrogens with zero attached hydrogens (tertiary/aromatic N) is 1. The van der Waals surface area contributed by atoms with Crippen molar-refractivity contribution in [3.8, 4) is 0 Å². The van der Waals surface area contributed by atoms with E-state index in [9.17, 15) is 18.8 Å². The number of rotatable bonds is 7. The highest BCUT2D eigenvalue weighted by Gasteiger charge is 2.17. The Hall–Kier alpha value is -3.48. The van der Waals surface area contributed by atoms with E-state index in [1.807, 2.05) is 6.07 Å². The fourth-order valence-corrected chi connectivity index (χ4v) is 2.34. The summed E-state index contributed by atoms with van der Waals surface area (Å²) < 4.78 is 18.7. The summed E-state index contributed by atoms with van der Waals surface area (Å²) in [5, 5.41) is 2.40. The Morgan fingerprint density at radius 3 is 2.36 bits per heavy atom. The molecule has 2 amide bonds. The van der Waals surface area contributed by atoms with Gasteiger partial charge in [0.25, 0.3) is 5.91 Å². The summed E-state index contributed by atoms with van der Waals surface area (Å²) in [6, 6.07) is 15.0. The molecule has 2 aromatic rings. The first-order valence-corrected chi connectivity index (χ1v) is 8.55. The number of ether oxygens (including phenoxy) is 1. The second-order valence-electron chi connectivity index (χ2n) is 6.07. The highest BCUT2D eigenvalue weighted by Crippen LogP contribution is 2.10. The van der Waals surface area contributed by atoms with Crippen LogP contribution < -0.4 is 5.32 Å². The summed E-state index contributed by atoms with van der Waals surface area (Å²) >= 11 is 0. The maximum Gasteiger partial charge on any atom is 0.355 e. The molecule has 0 bridgehead atoms. The van der Waals surface area contributed by atoms with Crippen molar-refractivity contribution in [3.05, 3.63) is 77.2 Å². The lowest BCUT2D eigenvalue weighted by Crippen LogP contribution is -2.33. The largest absolute Gasteiger partial charge is 0.451 e. The van der Waals surface area contributed by atoms with E-state index in [-0.39, 0.29) is 12.2 Å². The van der Waals surface area contributed by atoms with Crippen LogP contribution in [-0.4, -0.2) is 36.3 Å². The number of carbonyl (C=O) groups excluding carboxylic acids is 3. The number of carbonyl (C=O) groups is 3. The van der Waals surface area contributed by atoms with Gasteiger partial charge < -0.3 is 15.0 Å². The molecule has 0 unspecified atom stereocenters. The van der Waals surface area contributed by atoms with Crippen LogP contribution >= 0.6 is 0 Å². The number of halogens is 1. The molecule has 7 heteroatoms. The third-order valence-corrected chi connectivity index (χ3v) is 3.76. The van der Waals surface area contributed by atoms with Gasteiger partial charge in [0.15, 0.2) is 6.61 Å². The summed E-state index contributed by atoms with van der Waals surface area (Å²) in [6.07, 6.45) is 1.46. The van der Waals surface area contributed by atoms with Crippen molar-refractivity contribution in [1.82, 2.24) is 10.2 Å². The SMILES string of the molecule is CC(=O)N/C(=C\c1ccccc1)C(=O)OCC(=O)N(C)Cc1ccccc1F. The Kier molecular flexibility index (Phi) is 7.45. The van der Waals surface area contributed by atoms with Crippen molar-refractivity contribution in [2.24, 2.45) is 0 Å². The van der Waals surface area contributed by atoms with Gasteiger partial charge >= 0.3 is 5.97 Å². The Morgan fingerprint density at radius 1 is 1.07 bits per heavy atom. The zero-order valence-corrected chi connectivity index (χ0v) is 15.6. The van der Waals surface area contributed by atoms with Crippen LogP contribution in [-0.2, 0) is 25.7 Å². The van der Waals surface area contributed by atoms with Crippen LogP contribution in [0.1, 0.15) is 18.1 Å². The summed E-state index contributed by atoms with van der Waals surface area (Å²) in [6.45, 7) is 0.774. The van der Waals surface area contributed by atoms with Crippen LogP contribution in [0.15, 0.2) is 60.3 Å². The third kappa shape index (κ3) is 6.35. The normalized spacial score (nSPS) is 10.9. The molecule has 0 atom stereocenters. The minimum Gasteiger partial charge on any atom is -0.451 e. The topological polar surface area (TPSA) is 75.7 Å². The van der Waals surface area contributed by atoms with Crippen molar-refractivity contribution in [1.29, 1.82) is 0 Å². The van der Waals surface area contributed by atoms with E-state index in [1.54, 1.807) is 42.5 Å². The number of hydrogen-bond donors (Lipinski definition) is 1. The molecule has 0 radical (unpaired) electrons. The summed E-state index contributed by atoms with van der Waals surface area (Å²) in [5.41, 5.74) is 0.960. The van der Waals surface area contributed by atoms with Crippen LogP contribution in [0.4, 0.5) is 4.39 Å². The maximum atomic E-state index is 13.7. The van der Waals surface area contributed by atoms with Gasteiger partial charge in [-0.05, 0) is 17.7 Å². The van der Waals surface area contributed by atoms with E-state index in [0.717, 1.165) is 0 Å². The quantitative estimate of drug-likeness (QED) is 0.588. The molecule has 0 spiro atoms. The highest BCUT2D eigenvalue weighted by molar-refractivity contribution is 5.98. The van der Waals surface area contributed by atoms with E-state index < -0.39 is 30.2 Å². The van der Waals surface area contributed by atoms with E-state index in [0.29, 0.717) is 11.1 Å². The van der Waals surface area contributed by atoms with Gasteiger partial charge in [0.1, 0.15) is 11.5 Å². The predicted octanol–water partition coefficient (Wildman–Crippen LogP) is 2.50. The fourth-order valence-electron chi connectivity index (χ4n) is 2.34. The number of hydrogen-bond acceptors (Lipinski definition) is 4. The molecule has 146 valence electrons. The molecule has 0 aliphatic rings.